The Bertz CT molecular complexity index is 639. The minimum atomic E-state index is -0.161. The molecular formula is C17H20N2O2S2. The Hall–Kier alpha value is -1.37. The van der Waals surface area contributed by atoms with Gasteiger partial charge in [-0.25, -0.2) is 4.98 Å². The Balaban J connectivity index is 1.52. The van der Waals surface area contributed by atoms with Gasteiger partial charge in [-0.05, 0) is 19.8 Å². The molecular weight excluding hydrogens is 328 g/mol. The third-order valence-corrected chi connectivity index (χ3v) is 5.80. The van der Waals surface area contributed by atoms with Crippen molar-refractivity contribution >= 4 is 29.0 Å². The summed E-state index contributed by atoms with van der Waals surface area (Å²) in [6.07, 6.45) is 2.31. The van der Waals surface area contributed by atoms with Gasteiger partial charge in [0.15, 0.2) is 4.34 Å². The van der Waals surface area contributed by atoms with Crippen LogP contribution in [0.1, 0.15) is 19.8 Å². The van der Waals surface area contributed by atoms with Crippen LogP contribution in [0.2, 0.25) is 0 Å². The van der Waals surface area contributed by atoms with Gasteiger partial charge in [-0.3, -0.25) is 4.79 Å². The van der Waals surface area contributed by atoms with E-state index in [1.165, 1.54) is 11.8 Å². The number of amides is 1. The third-order valence-electron chi connectivity index (χ3n) is 3.73. The zero-order valence-corrected chi connectivity index (χ0v) is 14.7. The fraction of sp³-hybridized carbons (Fsp3) is 0.412. The van der Waals surface area contributed by atoms with E-state index in [9.17, 15) is 4.79 Å². The molecule has 6 heteroatoms. The number of ether oxygens (including phenoxy) is 1. The van der Waals surface area contributed by atoms with E-state index in [-0.39, 0.29) is 17.3 Å². The largest absolute Gasteiger partial charge is 0.376 e. The molecule has 1 fully saturated rings. The molecule has 0 saturated carbocycles. The fourth-order valence-electron chi connectivity index (χ4n) is 2.42. The molecule has 2 heterocycles. The molecule has 1 aromatic carbocycles. The van der Waals surface area contributed by atoms with Crippen LogP contribution < -0.4 is 5.32 Å². The monoisotopic (exact) mass is 348 g/mol. The molecule has 4 nitrogen and oxygen atoms in total. The van der Waals surface area contributed by atoms with Crippen molar-refractivity contribution < 1.29 is 9.53 Å². The van der Waals surface area contributed by atoms with E-state index in [4.69, 9.17) is 4.74 Å². The maximum atomic E-state index is 12.2. The van der Waals surface area contributed by atoms with Crippen LogP contribution in [-0.4, -0.2) is 35.4 Å². The van der Waals surface area contributed by atoms with E-state index in [1.807, 2.05) is 42.6 Å². The number of rotatable bonds is 6. The average molecular weight is 348 g/mol. The normalized spacial score (nSPS) is 18.7. The van der Waals surface area contributed by atoms with Crippen molar-refractivity contribution in [2.24, 2.45) is 0 Å². The summed E-state index contributed by atoms with van der Waals surface area (Å²) in [5.74, 6) is 0.0435. The van der Waals surface area contributed by atoms with E-state index >= 15 is 0 Å². The highest BCUT2D eigenvalue weighted by atomic mass is 32.2. The molecule has 122 valence electrons. The molecule has 1 aromatic heterocycles. The Morgan fingerprint density at radius 3 is 3.04 bits per heavy atom. The van der Waals surface area contributed by atoms with Gasteiger partial charge in [-0.1, -0.05) is 42.1 Å². The van der Waals surface area contributed by atoms with Crippen molar-refractivity contribution in [2.45, 2.75) is 35.5 Å². The number of hydrogen-bond donors (Lipinski definition) is 1. The van der Waals surface area contributed by atoms with Crippen LogP contribution in [-0.2, 0) is 9.53 Å². The first kappa shape index (κ1) is 16.5. The van der Waals surface area contributed by atoms with Gasteiger partial charge in [0.1, 0.15) is 0 Å². The number of benzene rings is 1. The van der Waals surface area contributed by atoms with Crippen LogP contribution in [0.3, 0.4) is 0 Å². The molecule has 0 bridgehead atoms. The lowest BCUT2D eigenvalue weighted by Crippen LogP contribution is -2.36. The summed E-state index contributed by atoms with van der Waals surface area (Å²) in [5.41, 5.74) is 2.07. The van der Waals surface area contributed by atoms with Crippen molar-refractivity contribution in [1.82, 2.24) is 10.3 Å². The molecule has 1 amide bonds. The second kappa shape index (κ2) is 7.95. The predicted molar refractivity (Wildman–Crippen MR) is 94.9 cm³/mol. The zero-order chi connectivity index (χ0) is 16.1. The van der Waals surface area contributed by atoms with E-state index in [0.29, 0.717) is 6.54 Å². The lowest BCUT2D eigenvalue weighted by Gasteiger charge is -2.13. The topological polar surface area (TPSA) is 51.2 Å². The SMILES string of the molecule is CC(Sc1nc(-c2ccccc2)cs1)C(=O)NCC1CCCO1. The number of thiazole rings is 1. The van der Waals surface area contributed by atoms with E-state index in [1.54, 1.807) is 11.3 Å². The Labute approximate surface area is 144 Å². The van der Waals surface area contributed by atoms with Crippen LogP contribution in [0.4, 0.5) is 0 Å². The number of carbonyl (C=O) groups excluding carboxylic acids is 1. The lowest BCUT2D eigenvalue weighted by molar-refractivity contribution is -0.120. The van der Waals surface area contributed by atoms with Crippen LogP contribution >= 0.6 is 23.1 Å². The van der Waals surface area contributed by atoms with Gasteiger partial charge in [0.05, 0.1) is 17.0 Å². The quantitative estimate of drug-likeness (QED) is 0.811. The van der Waals surface area contributed by atoms with Crippen LogP contribution in [0.15, 0.2) is 40.1 Å². The van der Waals surface area contributed by atoms with Gasteiger partial charge < -0.3 is 10.1 Å². The smallest absolute Gasteiger partial charge is 0.233 e. The van der Waals surface area contributed by atoms with Gasteiger partial charge >= 0.3 is 0 Å². The highest BCUT2D eigenvalue weighted by molar-refractivity contribution is 8.02. The Morgan fingerprint density at radius 2 is 2.30 bits per heavy atom. The molecule has 23 heavy (non-hydrogen) atoms. The van der Waals surface area contributed by atoms with E-state index < -0.39 is 0 Å². The average Bonchev–Trinajstić information content (AvgIpc) is 3.25. The van der Waals surface area contributed by atoms with Crippen molar-refractivity contribution in [3.63, 3.8) is 0 Å². The Morgan fingerprint density at radius 1 is 1.48 bits per heavy atom. The first-order valence-electron chi connectivity index (χ1n) is 7.79. The zero-order valence-electron chi connectivity index (χ0n) is 13.0. The van der Waals surface area contributed by atoms with Crippen LogP contribution in [0.5, 0.6) is 0 Å². The Kier molecular flexibility index (Phi) is 5.70. The number of nitrogens with one attached hydrogen (secondary N) is 1. The van der Waals surface area contributed by atoms with Gasteiger partial charge in [-0.2, -0.15) is 0 Å². The molecule has 1 aliphatic heterocycles. The molecule has 0 spiro atoms. The van der Waals surface area contributed by atoms with E-state index in [0.717, 1.165) is 35.0 Å². The molecule has 1 aliphatic rings. The van der Waals surface area contributed by atoms with Crippen LogP contribution in [0.25, 0.3) is 11.3 Å². The van der Waals surface area contributed by atoms with Crippen molar-refractivity contribution in [2.75, 3.05) is 13.2 Å². The van der Waals surface area contributed by atoms with Crippen molar-refractivity contribution in [3.05, 3.63) is 35.7 Å². The van der Waals surface area contributed by atoms with E-state index in [2.05, 4.69) is 10.3 Å². The summed E-state index contributed by atoms with van der Waals surface area (Å²) >= 11 is 3.08. The maximum Gasteiger partial charge on any atom is 0.233 e. The van der Waals surface area contributed by atoms with Gasteiger partial charge in [0, 0.05) is 24.1 Å². The second-order valence-electron chi connectivity index (χ2n) is 5.50. The van der Waals surface area contributed by atoms with Gasteiger partial charge in [0.25, 0.3) is 0 Å². The number of aromatic nitrogens is 1. The van der Waals surface area contributed by atoms with Gasteiger partial charge in [-0.15, -0.1) is 11.3 Å². The fourth-order valence-corrected chi connectivity index (χ4v) is 4.42. The molecule has 0 aliphatic carbocycles. The summed E-state index contributed by atoms with van der Waals surface area (Å²) in [5, 5.41) is 4.85. The molecule has 1 N–H and O–H groups in total. The first-order chi connectivity index (χ1) is 11.2. The minimum absolute atomic E-state index is 0.0435. The minimum Gasteiger partial charge on any atom is -0.376 e. The third kappa shape index (κ3) is 4.56. The molecule has 3 rings (SSSR count). The predicted octanol–water partition coefficient (Wildman–Crippen LogP) is 3.59. The van der Waals surface area contributed by atoms with Crippen molar-refractivity contribution in [1.29, 1.82) is 0 Å². The van der Waals surface area contributed by atoms with Crippen molar-refractivity contribution in [3.8, 4) is 11.3 Å². The highest BCUT2D eigenvalue weighted by Crippen LogP contribution is 2.30. The maximum absolute atomic E-state index is 12.2. The second-order valence-corrected chi connectivity index (χ2v) is 7.95. The molecule has 0 radical (unpaired) electrons. The number of nitrogens with zero attached hydrogens (tertiary/aromatic N) is 1. The van der Waals surface area contributed by atoms with Crippen LogP contribution in [0, 0.1) is 0 Å². The summed E-state index contributed by atoms with van der Waals surface area (Å²) in [7, 11) is 0. The number of carbonyl (C=O) groups is 1. The lowest BCUT2D eigenvalue weighted by atomic mass is 10.2. The number of thioether (sulfide) groups is 1. The molecule has 2 unspecified atom stereocenters. The number of hydrogen-bond acceptors (Lipinski definition) is 5. The highest BCUT2D eigenvalue weighted by Gasteiger charge is 2.20. The summed E-state index contributed by atoms with van der Waals surface area (Å²) < 4.78 is 6.44. The molecule has 2 aromatic rings. The standard InChI is InChI=1S/C17H20N2O2S2/c1-12(16(20)18-10-14-8-5-9-21-14)23-17-19-15(11-22-17)13-6-3-2-4-7-13/h2-4,6-7,11-12,14H,5,8-10H2,1H3,(H,18,20). The summed E-state index contributed by atoms with van der Waals surface area (Å²) in [4.78, 5) is 16.8. The molecule has 1 saturated heterocycles. The summed E-state index contributed by atoms with van der Waals surface area (Å²) in [6.45, 7) is 3.34. The first-order valence-corrected chi connectivity index (χ1v) is 9.55. The molecule has 2 atom stereocenters. The van der Waals surface area contributed by atoms with Gasteiger partial charge in [0.2, 0.25) is 5.91 Å². The summed E-state index contributed by atoms with van der Waals surface area (Å²) in [6, 6.07) is 10.1.